The summed E-state index contributed by atoms with van der Waals surface area (Å²) in [5.74, 6) is -0.231. The van der Waals surface area contributed by atoms with Gasteiger partial charge in [-0.05, 0) is 29.8 Å². The first-order valence-electron chi connectivity index (χ1n) is 7.91. The quantitative estimate of drug-likeness (QED) is 0.838. The Hall–Kier alpha value is -2.18. The number of carbonyl (C=O) groups excluding carboxylic acids is 1. The highest BCUT2D eigenvalue weighted by Gasteiger charge is 2.21. The van der Waals surface area contributed by atoms with Gasteiger partial charge in [-0.1, -0.05) is 44.2 Å². The minimum atomic E-state index is -3.50. The fourth-order valence-corrected chi connectivity index (χ4v) is 3.83. The second-order valence-corrected chi connectivity index (χ2v) is 7.22. The number of nitrogens with zero attached hydrogens (tertiary/aromatic N) is 1. The van der Waals surface area contributed by atoms with Gasteiger partial charge >= 0.3 is 0 Å². The van der Waals surface area contributed by atoms with E-state index >= 15 is 0 Å². The smallest absolute Gasteiger partial charge is 0.251 e. The van der Waals surface area contributed by atoms with E-state index in [-0.39, 0.29) is 10.8 Å². The molecule has 0 heterocycles. The number of benzene rings is 2. The fourth-order valence-electron chi connectivity index (χ4n) is 2.37. The van der Waals surface area contributed by atoms with E-state index in [0.29, 0.717) is 25.2 Å². The molecule has 0 aliphatic rings. The van der Waals surface area contributed by atoms with Crippen LogP contribution in [0.5, 0.6) is 0 Å². The van der Waals surface area contributed by atoms with Crippen molar-refractivity contribution in [3.8, 4) is 0 Å². The fraction of sp³-hybridized carbons (Fsp3) is 0.278. The van der Waals surface area contributed by atoms with Crippen LogP contribution in [0.3, 0.4) is 0 Å². The Labute approximate surface area is 143 Å². The van der Waals surface area contributed by atoms with Gasteiger partial charge in [-0.3, -0.25) is 4.79 Å². The van der Waals surface area contributed by atoms with Crippen molar-refractivity contribution in [2.45, 2.75) is 25.3 Å². The van der Waals surface area contributed by atoms with Crippen LogP contribution >= 0.6 is 0 Å². The lowest BCUT2D eigenvalue weighted by Crippen LogP contribution is -2.30. The molecule has 24 heavy (non-hydrogen) atoms. The molecular formula is C18H22N2O3S. The van der Waals surface area contributed by atoms with E-state index in [0.717, 1.165) is 5.56 Å². The summed E-state index contributed by atoms with van der Waals surface area (Å²) < 4.78 is 26.2. The lowest BCUT2D eigenvalue weighted by Gasteiger charge is -2.18. The highest BCUT2D eigenvalue weighted by Crippen LogP contribution is 2.16. The summed E-state index contributed by atoms with van der Waals surface area (Å²) in [5, 5.41) is 2.82. The molecule has 5 nitrogen and oxygen atoms in total. The maximum Gasteiger partial charge on any atom is 0.251 e. The van der Waals surface area contributed by atoms with Crippen LogP contribution in [0.1, 0.15) is 29.8 Å². The van der Waals surface area contributed by atoms with Gasteiger partial charge in [0, 0.05) is 25.2 Å². The largest absolute Gasteiger partial charge is 0.348 e. The first-order valence-corrected chi connectivity index (χ1v) is 9.35. The summed E-state index contributed by atoms with van der Waals surface area (Å²) in [7, 11) is -3.50. The molecule has 0 aliphatic heterocycles. The van der Waals surface area contributed by atoms with Crippen LogP contribution in [0, 0.1) is 0 Å². The van der Waals surface area contributed by atoms with Gasteiger partial charge in [0.05, 0.1) is 4.90 Å². The van der Waals surface area contributed by atoms with E-state index < -0.39 is 10.0 Å². The van der Waals surface area contributed by atoms with Crippen molar-refractivity contribution in [1.82, 2.24) is 9.62 Å². The average Bonchev–Trinajstić information content (AvgIpc) is 2.61. The Bertz CT molecular complexity index is 768. The highest BCUT2D eigenvalue weighted by molar-refractivity contribution is 7.89. The number of rotatable bonds is 7. The van der Waals surface area contributed by atoms with Crippen LogP contribution in [-0.2, 0) is 16.6 Å². The standard InChI is InChI=1S/C18H22N2O3S/c1-3-20(4-2)24(22,23)17-12-10-16(11-13-17)18(21)19-14-15-8-6-5-7-9-15/h5-13H,3-4,14H2,1-2H3,(H,19,21). The van der Waals surface area contributed by atoms with Gasteiger partial charge < -0.3 is 5.32 Å². The summed E-state index contributed by atoms with van der Waals surface area (Å²) >= 11 is 0. The van der Waals surface area contributed by atoms with E-state index in [2.05, 4.69) is 5.32 Å². The SMILES string of the molecule is CCN(CC)S(=O)(=O)c1ccc(C(=O)NCc2ccccc2)cc1. The van der Waals surface area contributed by atoms with Crippen molar-refractivity contribution < 1.29 is 13.2 Å². The minimum Gasteiger partial charge on any atom is -0.348 e. The highest BCUT2D eigenvalue weighted by atomic mass is 32.2. The molecule has 2 rings (SSSR count). The second kappa shape index (κ2) is 8.08. The third-order valence-electron chi connectivity index (χ3n) is 3.76. The molecule has 128 valence electrons. The molecule has 0 aromatic heterocycles. The summed E-state index contributed by atoms with van der Waals surface area (Å²) in [5.41, 5.74) is 1.44. The Morgan fingerprint density at radius 1 is 0.958 bits per heavy atom. The molecule has 0 spiro atoms. The summed E-state index contributed by atoms with van der Waals surface area (Å²) in [6, 6.07) is 15.6. The molecule has 2 aromatic rings. The average molecular weight is 346 g/mol. The number of amides is 1. The molecule has 0 unspecified atom stereocenters. The van der Waals surface area contributed by atoms with Crippen molar-refractivity contribution in [3.05, 3.63) is 65.7 Å². The summed E-state index contributed by atoms with van der Waals surface area (Å²) in [6.45, 7) is 4.86. The van der Waals surface area contributed by atoms with Crippen molar-refractivity contribution in [2.75, 3.05) is 13.1 Å². The zero-order valence-electron chi connectivity index (χ0n) is 13.9. The Balaban J connectivity index is 2.07. The van der Waals surface area contributed by atoms with Gasteiger partial charge in [0.15, 0.2) is 0 Å². The lowest BCUT2D eigenvalue weighted by molar-refractivity contribution is 0.0951. The Morgan fingerprint density at radius 2 is 1.54 bits per heavy atom. The molecule has 0 saturated carbocycles. The van der Waals surface area contributed by atoms with Crippen molar-refractivity contribution in [1.29, 1.82) is 0 Å². The maximum absolute atomic E-state index is 12.4. The molecule has 6 heteroatoms. The van der Waals surface area contributed by atoms with Gasteiger partial charge in [0.2, 0.25) is 10.0 Å². The molecule has 0 aliphatic carbocycles. The number of nitrogens with one attached hydrogen (secondary N) is 1. The summed E-state index contributed by atoms with van der Waals surface area (Å²) in [6.07, 6.45) is 0. The van der Waals surface area contributed by atoms with E-state index in [1.807, 2.05) is 30.3 Å². The minimum absolute atomic E-state index is 0.200. The predicted molar refractivity (Wildman–Crippen MR) is 94.2 cm³/mol. The topological polar surface area (TPSA) is 66.5 Å². The normalized spacial score (nSPS) is 11.5. The van der Waals surface area contributed by atoms with E-state index in [1.54, 1.807) is 13.8 Å². The predicted octanol–water partition coefficient (Wildman–Crippen LogP) is 2.65. The second-order valence-electron chi connectivity index (χ2n) is 5.28. The molecular weight excluding hydrogens is 324 g/mol. The molecule has 2 aromatic carbocycles. The van der Waals surface area contributed by atoms with Crippen LogP contribution in [0.15, 0.2) is 59.5 Å². The van der Waals surface area contributed by atoms with Crippen LogP contribution in [0.2, 0.25) is 0 Å². The van der Waals surface area contributed by atoms with Crippen molar-refractivity contribution in [2.24, 2.45) is 0 Å². The number of carbonyl (C=O) groups is 1. The van der Waals surface area contributed by atoms with Crippen LogP contribution in [-0.4, -0.2) is 31.7 Å². The van der Waals surface area contributed by atoms with Gasteiger partial charge in [0.25, 0.3) is 5.91 Å². The molecule has 0 radical (unpaired) electrons. The molecule has 0 saturated heterocycles. The number of hydrogen-bond donors (Lipinski definition) is 1. The monoisotopic (exact) mass is 346 g/mol. The van der Waals surface area contributed by atoms with Crippen LogP contribution in [0.4, 0.5) is 0 Å². The van der Waals surface area contributed by atoms with Gasteiger partial charge in [-0.2, -0.15) is 4.31 Å². The first-order chi connectivity index (χ1) is 11.5. The van der Waals surface area contributed by atoms with E-state index in [9.17, 15) is 13.2 Å². The third-order valence-corrected chi connectivity index (χ3v) is 5.82. The zero-order chi connectivity index (χ0) is 17.6. The van der Waals surface area contributed by atoms with Crippen molar-refractivity contribution in [3.63, 3.8) is 0 Å². The van der Waals surface area contributed by atoms with Crippen LogP contribution in [0.25, 0.3) is 0 Å². The third kappa shape index (κ3) is 4.21. The Morgan fingerprint density at radius 3 is 2.08 bits per heavy atom. The van der Waals surface area contributed by atoms with Gasteiger partial charge in [-0.15, -0.1) is 0 Å². The lowest BCUT2D eigenvalue weighted by atomic mass is 10.2. The molecule has 0 atom stereocenters. The maximum atomic E-state index is 12.4. The number of sulfonamides is 1. The molecule has 1 amide bonds. The Kier molecular flexibility index (Phi) is 6.11. The molecule has 0 bridgehead atoms. The zero-order valence-corrected chi connectivity index (χ0v) is 14.7. The van der Waals surface area contributed by atoms with Crippen molar-refractivity contribution >= 4 is 15.9 Å². The molecule has 1 N–H and O–H groups in total. The molecule has 0 fully saturated rings. The van der Waals surface area contributed by atoms with E-state index in [1.165, 1.54) is 28.6 Å². The number of hydrogen-bond acceptors (Lipinski definition) is 3. The first kappa shape index (κ1) is 18.2. The van der Waals surface area contributed by atoms with Gasteiger partial charge in [-0.25, -0.2) is 8.42 Å². The van der Waals surface area contributed by atoms with Crippen LogP contribution < -0.4 is 5.32 Å². The summed E-state index contributed by atoms with van der Waals surface area (Å²) in [4.78, 5) is 12.4. The van der Waals surface area contributed by atoms with Gasteiger partial charge in [0.1, 0.15) is 0 Å². The van der Waals surface area contributed by atoms with E-state index in [4.69, 9.17) is 0 Å².